The first-order valence-electron chi connectivity index (χ1n) is 5.70. The molecule has 0 atom stereocenters. The molecule has 1 aromatic rings. The first-order chi connectivity index (χ1) is 8.67. The van der Waals surface area contributed by atoms with Crippen molar-refractivity contribution in [2.75, 3.05) is 26.3 Å². The molecule has 3 rings (SSSR count). The van der Waals surface area contributed by atoms with E-state index < -0.39 is 10.0 Å². The van der Waals surface area contributed by atoms with Gasteiger partial charge in [0.05, 0.1) is 13.2 Å². The van der Waals surface area contributed by atoms with Crippen LogP contribution in [0, 0.1) is 0 Å². The standard InChI is InChI=1S/C11H13N3O3S/c15-18(16)10-4-2-1-3-9(10)11(13-18)12-14-5-7-17-8-6-14/h1-4H,5-8H2,(H,12,13). The van der Waals surface area contributed by atoms with E-state index in [1.807, 2.05) is 5.01 Å². The molecule has 0 aromatic heterocycles. The predicted molar refractivity (Wildman–Crippen MR) is 65.7 cm³/mol. The smallest absolute Gasteiger partial charge is 0.285 e. The Morgan fingerprint density at radius 1 is 1.22 bits per heavy atom. The number of benzene rings is 1. The summed E-state index contributed by atoms with van der Waals surface area (Å²) in [7, 11) is -3.54. The highest BCUT2D eigenvalue weighted by Crippen LogP contribution is 2.24. The van der Waals surface area contributed by atoms with Gasteiger partial charge >= 0.3 is 0 Å². The van der Waals surface area contributed by atoms with Crippen LogP contribution >= 0.6 is 0 Å². The quantitative estimate of drug-likeness (QED) is 0.774. The molecule has 0 amide bonds. The second-order valence-electron chi connectivity index (χ2n) is 4.12. The number of amidine groups is 1. The van der Waals surface area contributed by atoms with Gasteiger partial charge in [0.25, 0.3) is 10.0 Å². The Balaban J connectivity index is 1.89. The minimum absolute atomic E-state index is 0.265. The Labute approximate surface area is 105 Å². The highest BCUT2D eigenvalue weighted by atomic mass is 32.2. The van der Waals surface area contributed by atoms with Gasteiger partial charge < -0.3 is 10.2 Å². The zero-order chi connectivity index (χ0) is 12.6. The molecular formula is C11H13N3O3S. The summed E-state index contributed by atoms with van der Waals surface area (Å²) < 4.78 is 32.7. The lowest BCUT2D eigenvalue weighted by Crippen LogP contribution is -2.48. The normalized spacial score (nSPS) is 22.3. The number of hydrogen-bond acceptors (Lipinski definition) is 5. The molecule has 96 valence electrons. The largest absolute Gasteiger partial charge is 0.379 e. The number of morpholine rings is 1. The van der Waals surface area contributed by atoms with Crippen LogP contribution in [0.2, 0.25) is 0 Å². The van der Waals surface area contributed by atoms with E-state index in [1.54, 1.807) is 24.3 Å². The van der Waals surface area contributed by atoms with Crippen molar-refractivity contribution in [1.29, 1.82) is 0 Å². The summed E-state index contributed by atoms with van der Waals surface area (Å²) in [4.78, 5) is 0.265. The average molecular weight is 267 g/mol. The summed E-state index contributed by atoms with van der Waals surface area (Å²) in [5.41, 5.74) is 3.68. The van der Waals surface area contributed by atoms with Crippen LogP contribution in [0.25, 0.3) is 0 Å². The molecule has 0 bridgehead atoms. The van der Waals surface area contributed by atoms with Gasteiger partial charge in [0, 0.05) is 18.7 Å². The topological polar surface area (TPSA) is 71.0 Å². The zero-order valence-corrected chi connectivity index (χ0v) is 10.5. The van der Waals surface area contributed by atoms with Gasteiger partial charge in [-0.1, -0.05) is 12.1 Å². The van der Waals surface area contributed by atoms with Crippen molar-refractivity contribution in [2.24, 2.45) is 4.40 Å². The van der Waals surface area contributed by atoms with E-state index in [9.17, 15) is 8.42 Å². The highest BCUT2D eigenvalue weighted by Gasteiger charge is 2.29. The zero-order valence-electron chi connectivity index (χ0n) is 9.67. The third kappa shape index (κ3) is 2.00. The van der Waals surface area contributed by atoms with Crippen LogP contribution in [-0.2, 0) is 14.8 Å². The van der Waals surface area contributed by atoms with Gasteiger partial charge in [0.15, 0.2) is 5.84 Å². The van der Waals surface area contributed by atoms with Crippen molar-refractivity contribution < 1.29 is 13.2 Å². The summed E-state index contributed by atoms with van der Waals surface area (Å²) in [6, 6.07) is 6.83. The lowest BCUT2D eigenvalue weighted by Gasteiger charge is -2.27. The Kier molecular flexibility index (Phi) is 2.81. The second kappa shape index (κ2) is 4.34. The van der Waals surface area contributed by atoms with E-state index in [4.69, 9.17) is 4.74 Å². The molecule has 1 saturated heterocycles. The van der Waals surface area contributed by atoms with Gasteiger partial charge in [-0.15, -0.1) is 4.40 Å². The van der Waals surface area contributed by atoms with E-state index in [0.717, 1.165) is 0 Å². The minimum Gasteiger partial charge on any atom is -0.379 e. The molecule has 0 unspecified atom stereocenters. The van der Waals surface area contributed by atoms with E-state index in [1.165, 1.54) is 0 Å². The molecule has 2 aliphatic rings. The van der Waals surface area contributed by atoms with Gasteiger partial charge in [0.2, 0.25) is 0 Å². The van der Waals surface area contributed by atoms with Gasteiger partial charge in [0.1, 0.15) is 4.90 Å². The number of sulfonamides is 1. The maximum absolute atomic E-state index is 11.8. The molecule has 7 heteroatoms. The predicted octanol–water partition coefficient (Wildman–Crippen LogP) is -0.0277. The second-order valence-corrected chi connectivity index (χ2v) is 5.69. The third-order valence-corrected chi connectivity index (χ3v) is 4.24. The maximum atomic E-state index is 11.8. The first-order valence-corrected chi connectivity index (χ1v) is 7.14. The summed E-state index contributed by atoms with van der Waals surface area (Å²) in [5, 5.41) is 1.92. The van der Waals surface area contributed by atoms with Crippen LogP contribution in [0.1, 0.15) is 5.56 Å². The fourth-order valence-electron chi connectivity index (χ4n) is 2.01. The summed E-state index contributed by atoms with van der Waals surface area (Å²) in [6.07, 6.45) is 0. The molecule has 18 heavy (non-hydrogen) atoms. The molecule has 6 nitrogen and oxygen atoms in total. The summed E-state index contributed by atoms with van der Waals surface area (Å²) >= 11 is 0. The Hall–Kier alpha value is -1.44. The van der Waals surface area contributed by atoms with Gasteiger partial charge in [-0.25, -0.2) is 5.01 Å². The van der Waals surface area contributed by atoms with Crippen molar-refractivity contribution in [3.8, 4) is 0 Å². The van der Waals surface area contributed by atoms with Gasteiger partial charge in [-0.05, 0) is 12.1 Å². The van der Waals surface area contributed by atoms with Crippen LogP contribution in [0.4, 0.5) is 0 Å². The number of hydrogen-bond donors (Lipinski definition) is 1. The molecule has 2 heterocycles. The average Bonchev–Trinajstić information content (AvgIpc) is 2.63. The van der Waals surface area contributed by atoms with Gasteiger partial charge in [-0.3, -0.25) is 0 Å². The molecule has 0 aliphatic carbocycles. The van der Waals surface area contributed by atoms with Crippen LogP contribution < -0.4 is 5.43 Å². The molecular weight excluding hydrogens is 254 g/mol. The van der Waals surface area contributed by atoms with E-state index in [2.05, 4.69) is 9.82 Å². The van der Waals surface area contributed by atoms with E-state index in [0.29, 0.717) is 37.7 Å². The van der Waals surface area contributed by atoms with Crippen LogP contribution in [0.15, 0.2) is 33.6 Å². The van der Waals surface area contributed by atoms with Crippen LogP contribution in [-0.4, -0.2) is 45.6 Å². The molecule has 1 aromatic carbocycles. The fraction of sp³-hybridized carbons (Fsp3) is 0.364. The molecule has 0 saturated carbocycles. The number of rotatable bonds is 1. The fourth-order valence-corrected chi connectivity index (χ4v) is 3.18. The molecule has 2 aliphatic heterocycles. The maximum Gasteiger partial charge on any atom is 0.285 e. The lowest BCUT2D eigenvalue weighted by molar-refractivity contribution is 0.0250. The summed E-state index contributed by atoms with van der Waals surface area (Å²) in [5.74, 6) is 0.396. The van der Waals surface area contributed by atoms with Crippen molar-refractivity contribution >= 4 is 15.9 Å². The van der Waals surface area contributed by atoms with E-state index >= 15 is 0 Å². The van der Waals surface area contributed by atoms with E-state index in [-0.39, 0.29) is 4.90 Å². The van der Waals surface area contributed by atoms with Gasteiger partial charge in [-0.2, -0.15) is 8.42 Å². The third-order valence-electron chi connectivity index (χ3n) is 2.91. The number of ether oxygens (including phenoxy) is 1. The molecule has 0 spiro atoms. The van der Waals surface area contributed by atoms with Crippen molar-refractivity contribution in [1.82, 2.24) is 10.4 Å². The van der Waals surface area contributed by atoms with Crippen molar-refractivity contribution in [3.63, 3.8) is 0 Å². The number of nitrogens with one attached hydrogen (secondary N) is 1. The first kappa shape index (κ1) is 11.6. The van der Waals surface area contributed by atoms with Crippen LogP contribution in [0.3, 0.4) is 0 Å². The van der Waals surface area contributed by atoms with Crippen LogP contribution in [0.5, 0.6) is 0 Å². The number of hydrazine groups is 1. The Bertz CT molecular complexity index is 591. The SMILES string of the molecule is O=S1(=O)N=C(NN2CCOCC2)c2ccccc21. The monoisotopic (exact) mass is 267 g/mol. The number of nitrogens with zero attached hydrogens (tertiary/aromatic N) is 2. The molecule has 1 N–H and O–H groups in total. The summed E-state index contributed by atoms with van der Waals surface area (Å²) in [6.45, 7) is 2.69. The molecule has 1 fully saturated rings. The van der Waals surface area contributed by atoms with Crippen molar-refractivity contribution in [2.45, 2.75) is 4.90 Å². The Morgan fingerprint density at radius 3 is 2.72 bits per heavy atom. The number of fused-ring (bicyclic) bond motifs is 1. The lowest BCUT2D eigenvalue weighted by atomic mass is 10.2. The minimum atomic E-state index is -3.54. The highest BCUT2D eigenvalue weighted by molar-refractivity contribution is 7.90. The van der Waals surface area contributed by atoms with Crippen molar-refractivity contribution in [3.05, 3.63) is 29.8 Å². The molecule has 0 radical (unpaired) electrons. The Morgan fingerprint density at radius 2 is 1.94 bits per heavy atom.